The molecule has 1 heterocycles. The maximum atomic E-state index is 11.6. The minimum absolute atomic E-state index is 0.102. The predicted octanol–water partition coefficient (Wildman–Crippen LogP) is 1.98. The molecule has 0 bridgehead atoms. The van der Waals surface area contributed by atoms with Crippen LogP contribution in [0.2, 0.25) is 0 Å². The van der Waals surface area contributed by atoms with E-state index in [1.54, 1.807) is 0 Å². The third-order valence-electron chi connectivity index (χ3n) is 3.40. The number of hydrogen-bond acceptors (Lipinski definition) is 6. The summed E-state index contributed by atoms with van der Waals surface area (Å²) >= 11 is 1.12. The normalized spacial score (nSPS) is 24.3. The molecule has 2 unspecified atom stereocenters. The molecular formula is C11H19N3O2S2. The second-order valence-corrected chi connectivity index (χ2v) is 7.89. The lowest BCUT2D eigenvalue weighted by molar-refractivity contribution is 0.537. The Morgan fingerprint density at radius 1 is 1.50 bits per heavy atom. The van der Waals surface area contributed by atoms with Crippen LogP contribution in [0.25, 0.3) is 0 Å². The molecule has 18 heavy (non-hydrogen) atoms. The van der Waals surface area contributed by atoms with Crippen LogP contribution in [0.15, 0.2) is 4.90 Å². The first-order valence-electron chi connectivity index (χ1n) is 6.07. The van der Waals surface area contributed by atoms with Crippen molar-refractivity contribution in [2.75, 3.05) is 23.9 Å². The molecule has 1 fully saturated rings. The second kappa shape index (κ2) is 5.05. The van der Waals surface area contributed by atoms with Crippen molar-refractivity contribution in [1.82, 2.24) is 4.37 Å². The van der Waals surface area contributed by atoms with Gasteiger partial charge < -0.3 is 11.1 Å². The summed E-state index contributed by atoms with van der Waals surface area (Å²) in [5.41, 5.74) is 5.61. The van der Waals surface area contributed by atoms with E-state index in [-0.39, 0.29) is 10.7 Å². The number of aromatic nitrogens is 1. The van der Waals surface area contributed by atoms with E-state index in [1.807, 2.05) is 0 Å². The topological polar surface area (TPSA) is 85.1 Å². The highest BCUT2D eigenvalue weighted by Gasteiger charge is 2.24. The first-order chi connectivity index (χ1) is 8.38. The summed E-state index contributed by atoms with van der Waals surface area (Å²) in [5.74, 6) is 1.50. The Labute approximate surface area is 112 Å². The largest absolute Gasteiger partial charge is 0.382 e. The third-order valence-corrected chi connectivity index (χ3v) is 5.50. The fourth-order valence-electron chi connectivity index (χ4n) is 2.51. The average Bonchev–Trinajstić information content (AvgIpc) is 2.81. The van der Waals surface area contributed by atoms with Gasteiger partial charge in [-0.3, -0.25) is 0 Å². The number of nitrogens with zero attached hydrogens (tertiary/aromatic N) is 1. The standard InChI is InChI=1S/C11H19N3O2S2/c1-7-3-4-8(5-7)6-13-11-9(18(2,15)16)10(12)14-17-11/h7-8,13H,3-6H2,1-2H3,(H2,12,14). The second-order valence-electron chi connectivity index (χ2n) is 5.16. The number of nitrogen functional groups attached to an aromatic ring is 1. The highest BCUT2D eigenvalue weighted by atomic mass is 32.2. The maximum Gasteiger partial charge on any atom is 0.182 e. The van der Waals surface area contributed by atoms with Gasteiger partial charge >= 0.3 is 0 Å². The first kappa shape index (κ1) is 13.6. The molecule has 102 valence electrons. The minimum Gasteiger partial charge on any atom is -0.382 e. The van der Waals surface area contributed by atoms with Crippen molar-refractivity contribution >= 4 is 32.2 Å². The van der Waals surface area contributed by atoms with E-state index >= 15 is 0 Å². The van der Waals surface area contributed by atoms with E-state index < -0.39 is 9.84 Å². The Bertz CT molecular complexity index is 524. The van der Waals surface area contributed by atoms with Crippen LogP contribution in [0.4, 0.5) is 10.8 Å². The van der Waals surface area contributed by atoms with Gasteiger partial charge in [0, 0.05) is 12.8 Å². The molecule has 5 nitrogen and oxygen atoms in total. The Morgan fingerprint density at radius 3 is 2.78 bits per heavy atom. The number of sulfone groups is 1. The van der Waals surface area contributed by atoms with Gasteiger partial charge in [0.2, 0.25) is 0 Å². The van der Waals surface area contributed by atoms with Crippen LogP contribution in [0.5, 0.6) is 0 Å². The van der Waals surface area contributed by atoms with Crippen molar-refractivity contribution in [2.45, 2.75) is 31.1 Å². The van der Waals surface area contributed by atoms with Crippen LogP contribution in [0, 0.1) is 11.8 Å². The van der Waals surface area contributed by atoms with Crippen molar-refractivity contribution in [3.05, 3.63) is 0 Å². The quantitative estimate of drug-likeness (QED) is 0.885. The Kier molecular flexibility index (Phi) is 3.82. The number of nitrogens with two attached hydrogens (primary N) is 1. The molecule has 0 spiro atoms. The van der Waals surface area contributed by atoms with Gasteiger partial charge in [-0.25, -0.2) is 8.42 Å². The summed E-state index contributed by atoms with van der Waals surface area (Å²) in [5, 5.41) is 3.78. The van der Waals surface area contributed by atoms with Gasteiger partial charge in [0.1, 0.15) is 9.90 Å². The molecule has 1 aromatic rings. The van der Waals surface area contributed by atoms with Gasteiger partial charge in [0.05, 0.1) is 0 Å². The Morgan fingerprint density at radius 2 is 2.22 bits per heavy atom. The van der Waals surface area contributed by atoms with Crippen LogP contribution in [0.1, 0.15) is 26.2 Å². The zero-order valence-corrected chi connectivity index (χ0v) is 12.3. The molecule has 1 saturated carbocycles. The van der Waals surface area contributed by atoms with E-state index in [0.717, 1.165) is 30.3 Å². The van der Waals surface area contributed by atoms with Gasteiger partial charge in [-0.2, -0.15) is 4.37 Å². The minimum atomic E-state index is -3.32. The van der Waals surface area contributed by atoms with Crippen molar-refractivity contribution in [1.29, 1.82) is 0 Å². The van der Waals surface area contributed by atoms with Crippen LogP contribution >= 0.6 is 11.5 Å². The summed E-state index contributed by atoms with van der Waals surface area (Å²) in [4.78, 5) is 0.151. The maximum absolute atomic E-state index is 11.6. The van der Waals surface area contributed by atoms with Gasteiger partial charge in [-0.15, -0.1) is 0 Å². The molecule has 0 radical (unpaired) electrons. The summed E-state index contributed by atoms with van der Waals surface area (Å²) < 4.78 is 27.2. The van der Waals surface area contributed by atoms with E-state index in [0.29, 0.717) is 10.9 Å². The molecule has 2 atom stereocenters. The molecule has 7 heteroatoms. The molecule has 1 aromatic heterocycles. The molecule has 1 aliphatic carbocycles. The molecule has 0 amide bonds. The van der Waals surface area contributed by atoms with Crippen LogP contribution in [-0.2, 0) is 9.84 Å². The van der Waals surface area contributed by atoms with Crippen molar-refractivity contribution in [3.8, 4) is 0 Å². The highest BCUT2D eigenvalue weighted by molar-refractivity contribution is 7.91. The zero-order chi connectivity index (χ0) is 13.3. The Balaban J connectivity index is 2.06. The molecule has 0 aromatic carbocycles. The molecule has 0 aliphatic heterocycles. The van der Waals surface area contributed by atoms with Crippen molar-refractivity contribution in [2.24, 2.45) is 11.8 Å². The van der Waals surface area contributed by atoms with Crippen molar-refractivity contribution < 1.29 is 8.42 Å². The molecular weight excluding hydrogens is 270 g/mol. The molecule has 0 saturated heterocycles. The Hall–Kier alpha value is -0.820. The summed E-state index contributed by atoms with van der Waals surface area (Å²) in [6, 6.07) is 0. The lowest BCUT2D eigenvalue weighted by atomic mass is 10.1. The average molecular weight is 289 g/mol. The lowest BCUT2D eigenvalue weighted by Gasteiger charge is -2.11. The SMILES string of the molecule is CC1CCC(CNc2snc(N)c2S(C)(=O)=O)C1. The monoisotopic (exact) mass is 289 g/mol. The fourth-order valence-corrected chi connectivity index (χ4v) is 4.59. The van der Waals surface area contributed by atoms with Crippen LogP contribution in [0.3, 0.4) is 0 Å². The lowest BCUT2D eigenvalue weighted by Crippen LogP contribution is -2.13. The van der Waals surface area contributed by atoms with Crippen LogP contribution in [-0.4, -0.2) is 25.6 Å². The van der Waals surface area contributed by atoms with Gasteiger partial charge in [-0.1, -0.05) is 13.3 Å². The molecule has 2 rings (SSSR count). The van der Waals surface area contributed by atoms with Gasteiger partial charge in [0.25, 0.3) is 0 Å². The molecule has 1 aliphatic rings. The number of rotatable bonds is 4. The van der Waals surface area contributed by atoms with Gasteiger partial charge in [-0.05, 0) is 36.2 Å². The van der Waals surface area contributed by atoms with Crippen molar-refractivity contribution in [3.63, 3.8) is 0 Å². The number of nitrogens with one attached hydrogen (secondary N) is 1. The smallest absolute Gasteiger partial charge is 0.182 e. The summed E-state index contributed by atoms with van der Waals surface area (Å²) in [7, 11) is -3.32. The highest BCUT2D eigenvalue weighted by Crippen LogP contribution is 2.34. The van der Waals surface area contributed by atoms with E-state index in [1.165, 1.54) is 19.3 Å². The fraction of sp³-hybridized carbons (Fsp3) is 0.727. The first-order valence-corrected chi connectivity index (χ1v) is 8.73. The number of hydrogen-bond donors (Lipinski definition) is 2. The number of anilines is 2. The summed E-state index contributed by atoms with van der Waals surface area (Å²) in [6.07, 6.45) is 4.83. The van der Waals surface area contributed by atoms with E-state index in [2.05, 4.69) is 16.6 Å². The van der Waals surface area contributed by atoms with Crippen LogP contribution < -0.4 is 11.1 Å². The van der Waals surface area contributed by atoms with E-state index in [9.17, 15) is 8.42 Å². The van der Waals surface area contributed by atoms with Gasteiger partial charge in [0.15, 0.2) is 15.7 Å². The molecule has 3 N–H and O–H groups in total. The predicted molar refractivity (Wildman–Crippen MR) is 74.6 cm³/mol. The van der Waals surface area contributed by atoms with E-state index in [4.69, 9.17) is 5.73 Å². The summed E-state index contributed by atoms with van der Waals surface area (Å²) in [6.45, 7) is 3.06. The third kappa shape index (κ3) is 2.95. The zero-order valence-electron chi connectivity index (χ0n) is 10.6.